The predicted octanol–water partition coefficient (Wildman–Crippen LogP) is 5.08. The van der Waals surface area contributed by atoms with Gasteiger partial charge in [0.05, 0.1) is 0 Å². The monoisotopic (exact) mass is 555 g/mol. The van der Waals surface area contributed by atoms with Crippen LogP contribution in [0, 0.1) is 5.92 Å². The number of carboxylic acid groups (broad SMARTS) is 2. The zero-order valence-electron chi connectivity index (χ0n) is 22.9. The number of nitrogens with zero attached hydrogens (tertiary/aromatic N) is 3. The van der Waals surface area contributed by atoms with Gasteiger partial charge in [0.25, 0.3) is 5.91 Å². The fraction of sp³-hybridized carbons (Fsp3) is 0.679. The van der Waals surface area contributed by atoms with Gasteiger partial charge in [0.1, 0.15) is 0 Å². The van der Waals surface area contributed by atoms with Gasteiger partial charge in [-0.3, -0.25) is 9.69 Å². The van der Waals surface area contributed by atoms with E-state index in [2.05, 4.69) is 37.8 Å². The normalized spacial score (nSPS) is 23.2. The van der Waals surface area contributed by atoms with Crippen LogP contribution in [0.15, 0.2) is 24.3 Å². The molecular formula is C28H40F3N3O5. The summed E-state index contributed by atoms with van der Waals surface area (Å²) < 4.78 is 31.7. The van der Waals surface area contributed by atoms with E-state index in [1.165, 1.54) is 5.56 Å². The Morgan fingerprint density at radius 3 is 1.92 bits per heavy atom. The molecule has 2 unspecified atom stereocenters. The van der Waals surface area contributed by atoms with E-state index >= 15 is 0 Å². The van der Waals surface area contributed by atoms with Crippen molar-refractivity contribution in [3.8, 4) is 0 Å². The molecule has 1 aromatic rings. The Morgan fingerprint density at radius 1 is 0.846 bits per heavy atom. The number of carbonyl (C=O) groups excluding carboxylic acids is 1. The van der Waals surface area contributed by atoms with Crippen LogP contribution in [0.4, 0.5) is 18.0 Å². The maximum Gasteiger partial charge on any atom is 0.490 e. The van der Waals surface area contributed by atoms with Crippen molar-refractivity contribution >= 4 is 18.0 Å². The molecule has 11 heteroatoms. The Kier molecular flexibility index (Phi) is 9.90. The smallest absolute Gasteiger partial charge is 0.475 e. The molecule has 3 aliphatic rings. The summed E-state index contributed by atoms with van der Waals surface area (Å²) in [6, 6.07) is 8.80. The van der Waals surface area contributed by atoms with Gasteiger partial charge in [0.15, 0.2) is 0 Å². The van der Waals surface area contributed by atoms with Crippen molar-refractivity contribution in [3.63, 3.8) is 0 Å². The number of carbonyl (C=O) groups is 3. The van der Waals surface area contributed by atoms with Crippen molar-refractivity contribution in [2.24, 2.45) is 5.92 Å². The Labute approximate surface area is 227 Å². The molecule has 1 aromatic carbocycles. The highest BCUT2D eigenvalue weighted by atomic mass is 19.4. The topological polar surface area (TPSA) is 101 Å². The van der Waals surface area contributed by atoms with Crippen molar-refractivity contribution in [2.75, 3.05) is 32.7 Å². The molecule has 0 bridgehead atoms. The molecule has 3 fully saturated rings. The fourth-order valence-electron chi connectivity index (χ4n) is 5.94. The largest absolute Gasteiger partial charge is 0.490 e. The van der Waals surface area contributed by atoms with Crippen molar-refractivity contribution in [2.45, 2.75) is 83.0 Å². The summed E-state index contributed by atoms with van der Waals surface area (Å²) in [5.74, 6) is -2.17. The molecule has 3 saturated heterocycles. The Balaban J connectivity index is 0.000000532. The number of hydrogen-bond donors (Lipinski definition) is 2. The molecule has 0 radical (unpaired) electrons. The lowest BCUT2D eigenvalue weighted by Gasteiger charge is -2.44. The molecule has 0 saturated carbocycles. The number of piperidine rings is 2. The van der Waals surface area contributed by atoms with Crippen LogP contribution in [0.2, 0.25) is 0 Å². The maximum absolute atomic E-state index is 13.0. The molecule has 3 heterocycles. The summed E-state index contributed by atoms with van der Waals surface area (Å²) in [4.78, 5) is 39.8. The minimum atomic E-state index is -5.08. The van der Waals surface area contributed by atoms with Gasteiger partial charge in [-0.25, -0.2) is 9.59 Å². The van der Waals surface area contributed by atoms with Crippen molar-refractivity contribution in [1.29, 1.82) is 0 Å². The van der Waals surface area contributed by atoms with Crippen LogP contribution < -0.4 is 0 Å². The summed E-state index contributed by atoms with van der Waals surface area (Å²) >= 11 is 0. The molecule has 0 spiro atoms. The second-order valence-electron chi connectivity index (χ2n) is 11.7. The van der Waals surface area contributed by atoms with Gasteiger partial charge in [0, 0.05) is 43.8 Å². The standard InChI is InChI=1S/C26H39N3O3.C2HF3O2/c1-26(2,3)21-10-8-19(9-11-21)24(30)27-16-12-22(13-17-27)28-14-4-6-20(18-28)23-7-5-15-29(23)25(31)32;3-2(4,5)1(6)7/h8-11,20,22-23H,4-7,12-18H2,1-3H3,(H,31,32);(H,6,7). The van der Waals surface area contributed by atoms with Crippen LogP contribution in [-0.2, 0) is 10.2 Å². The highest BCUT2D eigenvalue weighted by molar-refractivity contribution is 5.94. The van der Waals surface area contributed by atoms with Crippen LogP contribution in [0.25, 0.3) is 0 Å². The average Bonchev–Trinajstić information content (AvgIpc) is 3.39. The molecule has 4 rings (SSSR count). The van der Waals surface area contributed by atoms with Gasteiger partial charge in [0.2, 0.25) is 0 Å². The molecule has 218 valence electrons. The van der Waals surface area contributed by atoms with Crippen LogP contribution in [0.3, 0.4) is 0 Å². The van der Waals surface area contributed by atoms with Crippen LogP contribution in [0.5, 0.6) is 0 Å². The van der Waals surface area contributed by atoms with E-state index in [-0.39, 0.29) is 17.4 Å². The molecule has 0 aromatic heterocycles. The number of halogens is 3. The maximum atomic E-state index is 13.0. The van der Waals surface area contributed by atoms with Crippen LogP contribution in [-0.4, -0.2) is 93.9 Å². The van der Waals surface area contributed by atoms with Crippen molar-refractivity contribution < 1.29 is 37.8 Å². The average molecular weight is 556 g/mol. The third kappa shape index (κ3) is 8.09. The van der Waals surface area contributed by atoms with Gasteiger partial charge in [-0.15, -0.1) is 0 Å². The number of likely N-dealkylation sites (tertiary alicyclic amines) is 3. The van der Waals surface area contributed by atoms with E-state index in [0.717, 1.165) is 70.3 Å². The first-order valence-corrected chi connectivity index (χ1v) is 13.6. The number of benzene rings is 1. The van der Waals surface area contributed by atoms with Gasteiger partial charge >= 0.3 is 18.2 Å². The molecule has 2 atom stereocenters. The Morgan fingerprint density at radius 2 is 1.41 bits per heavy atom. The molecule has 0 aliphatic carbocycles. The number of rotatable bonds is 3. The first-order valence-electron chi connectivity index (χ1n) is 13.6. The summed E-state index contributed by atoms with van der Waals surface area (Å²) in [5, 5.41) is 16.7. The minimum absolute atomic E-state index is 0.0895. The zero-order valence-corrected chi connectivity index (χ0v) is 22.9. The molecule has 39 heavy (non-hydrogen) atoms. The van der Waals surface area contributed by atoms with Crippen molar-refractivity contribution in [1.82, 2.24) is 14.7 Å². The number of carboxylic acids is 1. The third-order valence-electron chi connectivity index (χ3n) is 8.09. The van der Waals surface area contributed by atoms with Gasteiger partial charge < -0.3 is 20.0 Å². The molecular weight excluding hydrogens is 515 g/mol. The van der Waals surface area contributed by atoms with Crippen LogP contribution >= 0.6 is 0 Å². The number of alkyl halides is 3. The number of aliphatic carboxylic acids is 1. The van der Waals surface area contributed by atoms with Crippen molar-refractivity contribution in [3.05, 3.63) is 35.4 Å². The number of hydrogen-bond acceptors (Lipinski definition) is 4. The summed E-state index contributed by atoms with van der Waals surface area (Å²) in [6.07, 6.45) is 0.446. The lowest BCUT2D eigenvalue weighted by Crippen LogP contribution is -2.52. The molecule has 2 N–H and O–H groups in total. The highest BCUT2D eigenvalue weighted by Crippen LogP contribution is 2.32. The minimum Gasteiger partial charge on any atom is -0.475 e. The second kappa shape index (κ2) is 12.6. The predicted molar refractivity (Wildman–Crippen MR) is 140 cm³/mol. The molecule has 3 aliphatic heterocycles. The molecule has 8 nitrogen and oxygen atoms in total. The third-order valence-corrected chi connectivity index (χ3v) is 8.09. The Hall–Kier alpha value is -2.82. The summed E-state index contributed by atoms with van der Waals surface area (Å²) in [5.41, 5.74) is 2.12. The van der Waals surface area contributed by atoms with Gasteiger partial charge in [-0.1, -0.05) is 32.9 Å². The van der Waals surface area contributed by atoms with E-state index in [9.17, 15) is 27.9 Å². The van der Waals surface area contributed by atoms with Gasteiger partial charge in [-0.2, -0.15) is 13.2 Å². The van der Waals surface area contributed by atoms with E-state index < -0.39 is 18.2 Å². The quantitative estimate of drug-likeness (QED) is 0.540. The number of amides is 2. The van der Waals surface area contributed by atoms with Gasteiger partial charge in [-0.05, 0) is 74.1 Å². The highest BCUT2D eigenvalue weighted by Gasteiger charge is 2.39. The first kappa shape index (κ1) is 30.7. The lowest BCUT2D eigenvalue weighted by atomic mass is 9.86. The Bertz CT molecular complexity index is 1000. The molecule has 2 amide bonds. The fourth-order valence-corrected chi connectivity index (χ4v) is 5.94. The lowest BCUT2D eigenvalue weighted by molar-refractivity contribution is -0.192. The van der Waals surface area contributed by atoms with E-state index in [1.54, 1.807) is 4.90 Å². The summed E-state index contributed by atoms with van der Waals surface area (Å²) in [7, 11) is 0. The van der Waals surface area contributed by atoms with E-state index in [0.29, 0.717) is 18.5 Å². The van der Waals surface area contributed by atoms with E-state index in [4.69, 9.17) is 9.90 Å². The van der Waals surface area contributed by atoms with E-state index in [1.807, 2.05) is 17.0 Å². The second-order valence-corrected chi connectivity index (χ2v) is 11.7. The first-order chi connectivity index (χ1) is 18.2. The zero-order chi connectivity index (χ0) is 29.0. The summed E-state index contributed by atoms with van der Waals surface area (Å²) in [6.45, 7) is 11.0. The SMILES string of the molecule is CC(C)(C)c1ccc(C(=O)N2CCC(N3CCCC(C4CCCN4C(=O)O)C3)CC2)cc1.O=C(O)C(F)(F)F. The van der Waals surface area contributed by atoms with Crippen LogP contribution in [0.1, 0.15) is 75.2 Å².